The highest BCUT2D eigenvalue weighted by Crippen LogP contribution is 2.66. The molecule has 1 saturated heterocycles. The van der Waals surface area contributed by atoms with Gasteiger partial charge in [-0.05, 0) is 74.2 Å². The Balaban J connectivity index is 1.92. The van der Waals surface area contributed by atoms with E-state index in [4.69, 9.17) is 4.74 Å². The van der Waals surface area contributed by atoms with Crippen molar-refractivity contribution in [2.75, 3.05) is 6.61 Å². The Morgan fingerprint density at radius 3 is 2.50 bits per heavy atom. The van der Waals surface area contributed by atoms with E-state index < -0.39 is 6.10 Å². The average Bonchev–Trinajstić information content (AvgIpc) is 2.89. The van der Waals surface area contributed by atoms with Gasteiger partial charge in [0.15, 0.2) is 5.78 Å². The maximum atomic E-state index is 11.8. The number of aliphatic hydroxyl groups excluding tert-OH is 2. The van der Waals surface area contributed by atoms with Crippen LogP contribution in [0, 0.1) is 22.7 Å². The van der Waals surface area contributed by atoms with Gasteiger partial charge in [0.2, 0.25) is 0 Å². The summed E-state index contributed by atoms with van der Waals surface area (Å²) in [6.45, 7) is 10.7. The summed E-state index contributed by atoms with van der Waals surface area (Å²) in [5.41, 5.74) is 0.921. The smallest absolute Gasteiger partial charge is 0.162 e. The van der Waals surface area contributed by atoms with Gasteiger partial charge in [-0.25, -0.2) is 0 Å². The van der Waals surface area contributed by atoms with Crippen molar-refractivity contribution in [2.24, 2.45) is 22.7 Å². The summed E-state index contributed by atoms with van der Waals surface area (Å²) in [6, 6.07) is 0. The number of Topliss-reactive ketones (excluding diaryl/α,β-unsaturated/α-hetero) is 1. The lowest BCUT2D eigenvalue weighted by molar-refractivity contribution is -0.153. The quantitative estimate of drug-likeness (QED) is 0.747. The zero-order chi connectivity index (χ0) is 19.3. The van der Waals surface area contributed by atoms with Crippen LogP contribution in [0.3, 0.4) is 0 Å². The van der Waals surface area contributed by atoms with E-state index in [0.29, 0.717) is 22.8 Å². The molecule has 0 radical (unpaired) electrons. The Morgan fingerprint density at radius 1 is 1.19 bits per heavy atom. The number of rotatable bonds is 4. The van der Waals surface area contributed by atoms with Crippen LogP contribution in [0.4, 0.5) is 0 Å². The molecule has 0 spiro atoms. The molecule has 2 aliphatic carbocycles. The van der Waals surface area contributed by atoms with Crippen molar-refractivity contribution in [3.05, 3.63) is 11.6 Å². The summed E-state index contributed by atoms with van der Waals surface area (Å²) in [7, 11) is 0. The molecule has 1 heterocycles. The molecular weight excluding hydrogens is 328 g/mol. The van der Waals surface area contributed by atoms with E-state index >= 15 is 0 Å². The van der Waals surface area contributed by atoms with Crippen molar-refractivity contribution in [1.29, 1.82) is 0 Å². The van der Waals surface area contributed by atoms with E-state index in [2.05, 4.69) is 27.7 Å². The van der Waals surface area contributed by atoms with E-state index in [1.807, 2.05) is 0 Å². The maximum Gasteiger partial charge on any atom is 0.162 e. The fourth-order valence-electron chi connectivity index (χ4n) is 6.82. The minimum atomic E-state index is -1.18. The molecule has 2 saturated carbocycles. The van der Waals surface area contributed by atoms with E-state index in [-0.39, 0.29) is 29.5 Å². The second kappa shape index (κ2) is 6.72. The topological polar surface area (TPSA) is 66.8 Å². The number of carbonyl (C=O) groups is 1. The number of carbonyl (C=O) groups excluding carboxylic acids is 1. The predicted molar refractivity (Wildman–Crippen MR) is 102 cm³/mol. The first-order chi connectivity index (χ1) is 12.0. The van der Waals surface area contributed by atoms with Gasteiger partial charge in [-0.15, -0.1) is 0 Å². The van der Waals surface area contributed by atoms with Crippen molar-refractivity contribution in [3.8, 4) is 0 Å². The molecule has 3 fully saturated rings. The third-order valence-electron chi connectivity index (χ3n) is 8.00. The van der Waals surface area contributed by atoms with Gasteiger partial charge >= 0.3 is 0 Å². The fourth-order valence-corrected chi connectivity index (χ4v) is 6.82. The number of ether oxygens (including phenoxy) is 1. The van der Waals surface area contributed by atoms with Gasteiger partial charge < -0.3 is 14.9 Å². The number of hydrogen-bond acceptors (Lipinski definition) is 4. The van der Waals surface area contributed by atoms with Gasteiger partial charge in [0.25, 0.3) is 0 Å². The van der Waals surface area contributed by atoms with Crippen LogP contribution in [0.5, 0.6) is 0 Å². The molecule has 2 N–H and O–H groups in total. The molecule has 4 heteroatoms. The van der Waals surface area contributed by atoms with Gasteiger partial charge in [-0.2, -0.15) is 0 Å². The highest BCUT2D eigenvalue weighted by Gasteiger charge is 2.62. The molecule has 3 rings (SSSR count). The first-order valence-electron chi connectivity index (χ1n) is 10.2. The molecular formula is C22H36O4. The number of aliphatic hydroxyl groups is 2. The van der Waals surface area contributed by atoms with Crippen molar-refractivity contribution in [3.63, 3.8) is 0 Å². The molecule has 26 heavy (non-hydrogen) atoms. The molecule has 6 unspecified atom stereocenters. The van der Waals surface area contributed by atoms with Crippen LogP contribution < -0.4 is 0 Å². The summed E-state index contributed by atoms with van der Waals surface area (Å²) in [5.74, 6) is 0.808. The van der Waals surface area contributed by atoms with Crippen LogP contribution in [0.15, 0.2) is 11.6 Å². The molecule has 0 bridgehead atoms. The number of ketones is 1. The SMILES string of the molecule is CC(=O)C(O)C(=CCO)C1CC2C(C)(CCC3C(C)(C)CCCC32C)O1. The summed E-state index contributed by atoms with van der Waals surface area (Å²) < 4.78 is 6.53. The van der Waals surface area contributed by atoms with Gasteiger partial charge in [0.05, 0.1) is 18.3 Å². The number of fused-ring (bicyclic) bond motifs is 3. The highest BCUT2D eigenvalue weighted by molar-refractivity contribution is 5.83. The van der Waals surface area contributed by atoms with Gasteiger partial charge in [-0.1, -0.05) is 33.3 Å². The standard InChI is InChI=1S/C22H36O4/c1-14(24)19(25)15(8-12-23)16-13-18-21(4)10-6-9-20(2,3)17(21)7-11-22(18,5)26-16/h8,16-19,23,25H,6-7,9-13H2,1-5H3. The third-order valence-corrected chi connectivity index (χ3v) is 8.00. The Kier molecular flexibility index (Phi) is 5.18. The van der Waals surface area contributed by atoms with Crippen LogP contribution in [0.25, 0.3) is 0 Å². The lowest BCUT2D eigenvalue weighted by atomic mass is 9.45. The van der Waals surface area contributed by atoms with Crippen LogP contribution in [-0.4, -0.2) is 40.4 Å². The molecule has 1 aliphatic heterocycles. The second-order valence-electron chi connectivity index (χ2n) is 10.0. The van der Waals surface area contributed by atoms with E-state index in [9.17, 15) is 15.0 Å². The largest absolute Gasteiger partial charge is 0.392 e. The fraction of sp³-hybridized carbons (Fsp3) is 0.864. The maximum absolute atomic E-state index is 11.8. The summed E-state index contributed by atoms with van der Waals surface area (Å²) in [6.07, 6.45) is 6.92. The zero-order valence-electron chi connectivity index (χ0n) is 17.0. The first kappa shape index (κ1) is 20.0. The van der Waals surface area contributed by atoms with Gasteiger partial charge in [0, 0.05) is 0 Å². The molecule has 0 aromatic heterocycles. The van der Waals surface area contributed by atoms with Gasteiger partial charge in [0.1, 0.15) is 6.10 Å². The monoisotopic (exact) mass is 364 g/mol. The van der Waals surface area contributed by atoms with Crippen LogP contribution in [0.2, 0.25) is 0 Å². The molecule has 4 nitrogen and oxygen atoms in total. The van der Waals surface area contributed by atoms with Crippen LogP contribution in [-0.2, 0) is 9.53 Å². The third kappa shape index (κ3) is 3.08. The average molecular weight is 365 g/mol. The minimum absolute atomic E-state index is 0.187. The predicted octanol–water partition coefficient (Wildman–Crippen LogP) is 3.65. The highest BCUT2D eigenvalue weighted by atomic mass is 16.5. The van der Waals surface area contributed by atoms with Crippen molar-refractivity contribution >= 4 is 5.78 Å². The van der Waals surface area contributed by atoms with Crippen LogP contribution >= 0.6 is 0 Å². The summed E-state index contributed by atoms with van der Waals surface area (Å²) in [4.78, 5) is 11.8. The van der Waals surface area contributed by atoms with E-state index in [1.54, 1.807) is 6.08 Å². The molecule has 0 aromatic rings. The Morgan fingerprint density at radius 2 is 1.88 bits per heavy atom. The normalized spacial score (nSPS) is 43.5. The molecule has 6 atom stereocenters. The van der Waals surface area contributed by atoms with Crippen molar-refractivity contribution in [1.82, 2.24) is 0 Å². The van der Waals surface area contributed by atoms with Crippen molar-refractivity contribution < 1.29 is 19.7 Å². The van der Waals surface area contributed by atoms with Gasteiger partial charge in [-0.3, -0.25) is 4.79 Å². The Labute approximate surface area is 158 Å². The molecule has 0 aromatic carbocycles. The van der Waals surface area contributed by atoms with E-state index in [1.165, 1.54) is 32.6 Å². The summed E-state index contributed by atoms with van der Waals surface area (Å²) >= 11 is 0. The Hall–Kier alpha value is -0.710. The molecule has 148 valence electrons. The molecule has 3 aliphatic rings. The van der Waals surface area contributed by atoms with Crippen LogP contribution in [0.1, 0.15) is 73.1 Å². The lowest BCUT2D eigenvalue weighted by Gasteiger charge is -2.60. The lowest BCUT2D eigenvalue weighted by Crippen LogP contribution is -2.55. The summed E-state index contributed by atoms with van der Waals surface area (Å²) in [5, 5.41) is 19.8. The van der Waals surface area contributed by atoms with Crippen molar-refractivity contribution in [2.45, 2.75) is 91.0 Å². The first-order valence-corrected chi connectivity index (χ1v) is 10.2. The second-order valence-corrected chi connectivity index (χ2v) is 10.0. The van der Waals surface area contributed by atoms with E-state index in [0.717, 1.165) is 12.8 Å². The zero-order valence-corrected chi connectivity index (χ0v) is 17.0. The molecule has 0 amide bonds. The number of hydrogen-bond donors (Lipinski definition) is 2. The Bertz CT molecular complexity index is 595. The minimum Gasteiger partial charge on any atom is -0.392 e.